The number of carbonyl (C=O) groups is 2. The molecule has 0 bridgehead atoms. The van der Waals surface area contributed by atoms with E-state index in [1.54, 1.807) is 44.2 Å². The molecule has 3 rings (SSSR count). The second-order valence-electron chi connectivity index (χ2n) is 9.57. The van der Waals surface area contributed by atoms with E-state index >= 15 is 0 Å². The van der Waals surface area contributed by atoms with Gasteiger partial charge in [-0.15, -0.1) is 0 Å². The largest absolute Gasteiger partial charge is 0.355 e. The fraction of sp³-hybridized carbons (Fsp3) is 0.333. The van der Waals surface area contributed by atoms with E-state index < -0.39 is 21.9 Å². The van der Waals surface area contributed by atoms with E-state index in [4.69, 9.17) is 11.6 Å². The van der Waals surface area contributed by atoms with Gasteiger partial charge in [-0.2, -0.15) is 0 Å². The number of nitrogens with zero attached hydrogens (tertiary/aromatic N) is 2. The highest BCUT2D eigenvalue weighted by molar-refractivity contribution is 7.92. The fourth-order valence-corrected chi connectivity index (χ4v) is 5.67. The smallest absolute Gasteiger partial charge is 0.243 e. The average molecular weight is 588 g/mol. The Hall–Kier alpha value is -3.43. The first-order valence-corrected chi connectivity index (χ1v) is 15.3. The summed E-state index contributed by atoms with van der Waals surface area (Å²) in [6.45, 7) is 4.09. The van der Waals surface area contributed by atoms with Gasteiger partial charge in [-0.25, -0.2) is 12.8 Å². The maximum absolute atomic E-state index is 13.7. The van der Waals surface area contributed by atoms with Crippen molar-refractivity contribution in [1.82, 2.24) is 10.2 Å². The minimum Gasteiger partial charge on any atom is -0.355 e. The van der Waals surface area contributed by atoms with Gasteiger partial charge in [0.25, 0.3) is 0 Å². The number of rotatable bonds is 13. The zero-order valence-electron chi connectivity index (χ0n) is 22.9. The summed E-state index contributed by atoms with van der Waals surface area (Å²) >= 11 is 6.23. The molecule has 0 radical (unpaired) electrons. The predicted molar refractivity (Wildman–Crippen MR) is 157 cm³/mol. The lowest BCUT2D eigenvalue weighted by Gasteiger charge is -2.32. The molecule has 7 nitrogen and oxygen atoms in total. The topological polar surface area (TPSA) is 86.8 Å². The van der Waals surface area contributed by atoms with Gasteiger partial charge in [0.2, 0.25) is 21.8 Å². The Balaban J connectivity index is 1.87. The molecule has 0 aliphatic rings. The number of nitrogens with one attached hydrogen (secondary N) is 1. The van der Waals surface area contributed by atoms with Crippen LogP contribution in [0.25, 0.3) is 0 Å². The molecule has 2 amide bonds. The summed E-state index contributed by atoms with van der Waals surface area (Å²) in [4.78, 5) is 28.5. The molecule has 3 aromatic carbocycles. The van der Waals surface area contributed by atoms with Gasteiger partial charge in [0.15, 0.2) is 0 Å². The molecule has 40 heavy (non-hydrogen) atoms. The number of amides is 2. The SMILES string of the molecule is CCNC(=O)[C@@H](Cc1ccccc1)N(Cc1ccc(F)cc1)C(=O)CCCN(c1cccc(Cl)c1C)S(C)(=O)=O. The summed E-state index contributed by atoms with van der Waals surface area (Å²) in [7, 11) is -3.66. The van der Waals surface area contributed by atoms with Crippen molar-refractivity contribution in [1.29, 1.82) is 0 Å². The Morgan fingerprint density at radius 2 is 1.65 bits per heavy atom. The first kappa shape index (κ1) is 31.1. The maximum Gasteiger partial charge on any atom is 0.243 e. The van der Waals surface area contributed by atoms with Crippen LogP contribution in [0.15, 0.2) is 72.8 Å². The molecule has 1 N–H and O–H groups in total. The monoisotopic (exact) mass is 587 g/mol. The molecular weight excluding hydrogens is 553 g/mol. The number of carbonyl (C=O) groups excluding carboxylic acids is 2. The van der Waals surface area contributed by atoms with Gasteiger partial charge in [0, 0.05) is 37.5 Å². The number of hydrogen-bond acceptors (Lipinski definition) is 4. The van der Waals surface area contributed by atoms with Crippen molar-refractivity contribution in [3.8, 4) is 0 Å². The van der Waals surface area contributed by atoms with Gasteiger partial charge in [-0.3, -0.25) is 13.9 Å². The number of benzene rings is 3. The zero-order chi connectivity index (χ0) is 29.3. The third-order valence-electron chi connectivity index (χ3n) is 6.55. The highest BCUT2D eigenvalue weighted by Gasteiger charge is 2.30. The van der Waals surface area contributed by atoms with E-state index in [2.05, 4.69) is 5.32 Å². The van der Waals surface area contributed by atoms with Crippen molar-refractivity contribution in [2.75, 3.05) is 23.7 Å². The van der Waals surface area contributed by atoms with Crippen LogP contribution < -0.4 is 9.62 Å². The Kier molecular flexibility index (Phi) is 11.1. The quantitative estimate of drug-likeness (QED) is 0.301. The van der Waals surface area contributed by atoms with Crippen LogP contribution in [0.5, 0.6) is 0 Å². The third kappa shape index (κ3) is 8.53. The Morgan fingerprint density at radius 3 is 2.27 bits per heavy atom. The molecule has 1 atom stereocenters. The van der Waals surface area contributed by atoms with E-state index in [1.807, 2.05) is 30.3 Å². The molecule has 0 unspecified atom stereocenters. The van der Waals surface area contributed by atoms with Crippen molar-refractivity contribution in [3.63, 3.8) is 0 Å². The molecule has 0 spiro atoms. The second-order valence-corrected chi connectivity index (χ2v) is 11.9. The lowest BCUT2D eigenvalue weighted by atomic mass is 10.0. The molecule has 10 heteroatoms. The lowest BCUT2D eigenvalue weighted by Crippen LogP contribution is -2.50. The highest BCUT2D eigenvalue weighted by Crippen LogP contribution is 2.28. The molecule has 0 saturated carbocycles. The van der Waals surface area contributed by atoms with Crippen LogP contribution >= 0.6 is 11.6 Å². The standard InChI is InChI=1S/C30H35ClFN3O4S/c1-4-33-30(37)28(20-23-10-6-5-7-11-23)34(21-24-15-17-25(32)18-16-24)29(36)14-9-19-35(40(3,38)39)27-13-8-12-26(31)22(27)2/h5-8,10-13,15-18,28H,4,9,14,19-21H2,1-3H3,(H,33,37)/t28-/m1/s1. The molecule has 214 valence electrons. The normalized spacial score (nSPS) is 12.0. The maximum atomic E-state index is 13.7. The summed E-state index contributed by atoms with van der Waals surface area (Å²) in [5.74, 6) is -1.01. The van der Waals surface area contributed by atoms with Crippen molar-refractivity contribution < 1.29 is 22.4 Å². The molecule has 0 aliphatic carbocycles. The van der Waals surface area contributed by atoms with Crippen LogP contribution in [0, 0.1) is 12.7 Å². The minimum atomic E-state index is -3.66. The van der Waals surface area contributed by atoms with Crippen LogP contribution in [0.4, 0.5) is 10.1 Å². The number of hydrogen-bond donors (Lipinski definition) is 1. The van der Waals surface area contributed by atoms with Gasteiger partial charge in [0.1, 0.15) is 11.9 Å². The summed E-state index contributed by atoms with van der Waals surface area (Å²) in [5.41, 5.74) is 2.63. The summed E-state index contributed by atoms with van der Waals surface area (Å²) in [6.07, 6.45) is 1.61. The molecule has 3 aromatic rings. The molecular formula is C30H35ClFN3O4S. The molecule has 0 fully saturated rings. The number of halogens is 2. The van der Waals surface area contributed by atoms with E-state index in [-0.39, 0.29) is 44.2 Å². The van der Waals surface area contributed by atoms with Gasteiger partial charge < -0.3 is 10.2 Å². The van der Waals surface area contributed by atoms with E-state index in [9.17, 15) is 22.4 Å². The Morgan fingerprint density at radius 1 is 0.975 bits per heavy atom. The van der Waals surface area contributed by atoms with Gasteiger partial charge in [-0.1, -0.05) is 60.1 Å². The van der Waals surface area contributed by atoms with Crippen molar-refractivity contribution in [3.05, 3.63) is 100 Å². The van der Waals surface area contributed by atoms with Crippen LogP contribution in [-0.4, -0.2) is 50.5 Å². The number of likely N-dealkylation sites (N-methyl/N-ethyl adjacent to an activating group) is 1. The lowest BCUT2D eigenvalue weighted by molar-refractivity contribution is -0.141. The van der Waals surface area contributed by atoms with Crippen LogP contribution in [0.1, 0.15) is 36.5 Å². The van der Waals surface area contributed by atoms with Crippen LogP contribution in [0.2, 0.25) is 5.02 Å². The Labute approximate surface area is 241 Å². The number of anilines is 1. The van der Waals surface area contributed by atoms with E-state index in [0.29, 0.717) is 28.4 Å². The second kappa shape index (κ2) is 14.3. The molecule has 0 heterocycles. The summed E-state index contributed by atoms with van der Waals surface area (Å²) in [5, 5.41) is 3.27. The van der Waals surface area contributed by atoms with Gasteiger partial charge in [-0.05, 0) is 61.2 Å². The number of sulfonamides is 1. The van der Waals surface area contributed by atoms with E-state index in [0.717, 1.165) is 11.8 Å². The summed E-state index contributed by atoms with van der Waals surface area (Å²) < 4.78 is 40.1. The zero-order valence-corrected chi connectivity index (χ0v) is 24.5. The minimum absolute atomic E-state index is 0.00246. The molecule has 0 aromatic heterocycles. The van der Waals surface area contributed by atoms with Gasteiger partial charge in [0.05, 0.1) is 11.9 Å². The Bertz CT molecular complexity index is 1400. The first-order valence-electron chi connectivity index (χ1n) is 13.1. The van der Waals surface area contributed by atoms with Crippen molar-refractivity contribution in [2.45, 2.75) is 45.7 Å². The van der Waals surface area contributed by atoms with Crippen molar-refractivity contribution in [2.24, 2.45) is 0 Å². The first-order chi connectivity index (χ1) is 19.0. The van der Waals surface area contributed by atoms with Crippen molar-refractivity contribution >= 4 is 39.1 Å². The third-order valence-corrected chi connectivity index (χ3v) is 8.14. The van der Waals surface area contributed by atoms with Crippen LogP contribution in [-0.2, 0) is 32.6 Å². The molecule has 0 saturated heterocycles. The predicted octanol–water partition coefficient (Wildman–Crippen LogP) is 5.11. The van der Waals surface area contributed by atoms with Gasteiger partial charge >= 0.3 is 0 Å². The average Bonchev–Trinajstić information content (AvgIpc) is 2.91. The summed E-state index contributed by atoms with van der Waals surface area (Å²) in [6, 6.07) is 19.4. The van der Waals surface area contributed by atoms with Crippen LogP contribution in [0.3, 0.4) is 0 Å². The highest BCUT2D eigenvalue weighted by atomic mass is 35.5. The van der Waals surface area contributed by atoms with E-state index in [1.165, 1.54) is 21.3 Å². The molecule has 0 aliphatic heterocycles. The fourth-order valence-electron chi connectivity index (χ4n) is 4.48.